The fraction of sp³-hybridized carbons (Fsp3) is 1.00. The van der Waals surface area contributed by atoms with Gasteiger partial charge in [-0.3, -0.25) is 0 Å². The number of unbranched alkanes of at least 4 members (excludes halogenated alkanes) is 3. The summed E-state index contributed by atoms with van der Waals surface area (Å²) in [5.41, 5.74) is 0. The van der Waals surface area contributed by atoms with E-state index in [0.29, 0.717) is 0 Å². The summed E-state index contributed by atoms with van der Waals surface area (Å²) in [7, 11) is 0. The van der Waals surface area contributed by atoms with E-state index < -0.39 is 0 Å². The highest BCUT2D eigenvalue weighted by Gasteiger charge is 1.96. The Balaban J connectivity index is 2.77. The zero-order chi connectivity index (χ0) is 7.82. The van der Waals surface area contributed by atoms with Crippen LogP contribution in [0.15, 0.2) is 0 Å². The molecule has 0 aromatic rings. The minimum atomic E-state index is -0.163. The van der Waals surface area contributed by atoms with Crippen molar-refractivity contribution in [1.82, 2.24) is 0 Å². The predicted molar refractivity (Wildman–Crippen MR) is 52.4 cm³/mol. The van der Waals surface area contributed by atoms with E-state index in [1.807, 2.05) is 0 Å². The Morgan fingerprint density at radius 2 is 1.60 bits per heavy atom. The maximum Gasteiger partial charge on any atom is 0.107 e. The Bertz CT molecular complexity index is 66.6. The second kappa shape index (κ2) is 8.16. The van der Waals surface area contributed by atoms with Gasteiger partial charge in [-0.2, -0.15) is 0 Å². The van der Waals surface area contributed by atoms with Crippen LogP contribution < -0.4 is 0 Å². The highest BCUT2D eigenvalue weighted by atomic mass is 79.9. The summed E-state index contributed by atoms with van der Waals surface area (Å²) in [5, 5.41) is 1.11. The van der Waals surface area contributed by atoms with E-state index in [2.05, 4.69) is 15.9 Å². The monoisotopic (exact) mass is 246 g/mol. The number of rotatable bonds is 6. The molecule has 0 unspecified atom stereocenters. The number of alkyl halides is 3. The quantitative estimate of drug-likeness (QED) is 0.489. The Kier molecular flexibility index (Phi) is 9.02. The lowest BCUT2D eigenvalue weighted by Gasteiger charge is -1.99. The maximum atomic E-state index is 5.55. The lowest BCUT2D eigenvalue weighted by molar-refractivity contribution is 0.654. The van der Waals surface area contributed by atoms with Crippen molar-refractivity contribution in [3.63, 3.8) is 0 Å². The predicted octanol–water partition coefficient (Wildman–Crippen LogP) is 4.14. The minimum absolute atomic E-state index is 0.163. The molecule has 0 saturated heterocycles. The third-order valence-electron chi connectivity index (χ3n) is 1.31. The summed E-state index contributed by atoms with van der Waals surface area (Å²) < 4.78 is 0. The van der Waals surface area contributed by atoms with Gasteiger partial charge in [-0.05, 0) is 12.8 Å². The molecule has 0 fully saturated rings. The lowest BCUT2D eigenvalue weighted by Crippen LogP contribution is -1.86. The SMILES string of the molecule is ClC(Cl)CCCCCCBr. The van der Waals surface area contributed by atoms with Crippen molar-refractivity contribution < 1.29 is 0 Å². The van der Waals surface area contributed by atoms with Crippen LogP contribution in [0, 0.1) is 0 Å². The Morgan fingerprint density at radius 1 is 1.00 bits per heavy atom. The van der Waals surface area contributed by atoms with Crippen molar-refractivity contribution in [1.29, 1.82) is 0 Å². The van der Waals surface area contributed by atoms with E-state index in [9.17, 15) is 0 Å². The molecule has 0 atom stereocenters. The van der Waals surface area contributed by atoms with Crippen LogP contribution >= 0.6 is 39.1 Å². The van der Waals surface area contributed by atoms with E-state index >= 15 is 0 Å². The van der Waals surface area contributed by atoms with Crippen molar-refractivity contribution in [2.45, 2.75) is 36.9 Å². The second-order valence-corrected chi connectivity index (χ2v) is 4.35. The van der Waals surface area contributed by atoms with E-state index in [1.54, 1.807) is 0 Å². The van der Waals surface area contributed by atoms with Gasteiger partial charge < -0.3 is 0 Å². The standard InChI is InChI=1S/C7H13BrCl2/c8-6-4-2-1-3-5-7(9)10/h7H,1-6H2. The normalized spacial score (nSPS) is 10.8. The van der Waals surface area contributed by atoms with Crippen LogP contribution in [0.1, 0.15) is 32.1 Å². The third-order valence-corrected chi connectivity index (χ3v) is 2.30. The maximum absolute atomic E-state index is 5.55. The van der Waals surface area contributed by atoms with E-state index in [1.165, 1.54) is 19.3 Å². The molecule has 0 heterocycles. The van der Waals surface area contributed by atoms with Gasteiger partial charge in [0.15, 0.2) is 0 Å². The van der Waals surface area contributed by atoms with Crippen LogP contribution in [-0.4, -0.2) is 10.2 Å². The highest BCUT2D eigenvalue weighted by molar-refractivity contribution is 9.09. The van der Waals surface area contributed by atoms with Crippen LogP contribution in [0.25, 0.3) is 0 Å². The first-order chi connectivity index (χ1) is 4.77. The van der Waals surface area contributed by atoms with E-state index in [4.69, 9.17) is 23.2 Å². The molecule has 0 aliphatic rings. The smallest absolute Gasteiger partial charge is 0.105 e. The van der Waals surface area contributed by atoms with Gasteiger partial charge in [0.05, 0.1) is 0 Å². The fourth-order valence-corrected chi connectivity index (χ4v) is 1.45. The summed E-state index contributed by atoms with van der Waals surface area (Å²) in [6, 6.07) is 0. The minimum Gasteiger partial charge on any atom is -0.105 e. The fourth-order valence-electron chi connectivity index (χ4n) is 0.747. The number of hydrogen-bond acceptors (Lipinski definition) is 0. The molecule has 0 amide bonds. The Labute approximate surface area is 81.4 Å². The lowest BCUT2D eigenvalue weighted by atomic mass is 10.2. The van der Waals surface area contributed by atoms with Gasteiger partial charge in [-0.25, -0.2) is 0 Å². The molecular formula is C7H13BrCl2. The van der Waals surface area contributed by atoms with Gasteiger partial charge >= 0.3 is 0 Å². The molecule has 0 saturated carbocycles. The third kappa shape index (κ3) is 9.06. The number of hydrogen-bond donors (Lipinski definition) is 0. The van der Waals surface area contributed by atoms with Crippen LogP contribution in [0.5, 0.6) is 0 Å². The molecule has 0 aromatic carbocycles. The molecule has 10 heavy (non-hydrogen) atoms. The van der Waals surface area contributed by atoms with Gasteiger partial charge in [0, 0.05) is 5.33 Å². The van der Waals surface area contributed by atoms with Crippen molar-refractivity contribution >= 4 is 39.1 Å². The topological polar surface area (TPSA) is 0 Å². The first-order valence-corrected chi connectivity index (χ1v) is 5.61. The van der Waals surface area contributed by atoms with Crippen molar-refractivity contribution in [2.24, 2.45) is 0 Å². The molecule has 3 heteroatoms. The molecule has 0 aliphatic heterocycles. The average molecular weight is 248 g/mol. The van der Waals surface area contributed by atoms with Crippen molar-refractivity contribution in [3.05, 3.63) is 0 Å². The zero-order valence-corrected chi connectivity index (χ0v) is 9.05. The van der Waals surface area contributed by atoms with Crippen LogP contribution in [-0.2, 0) is 0 Å². The first kappa shape index (κ1) is 11.1. The summed E-state index contributed by atoms with van der Waals surface area (Å²) in [5.74, 6) is 0. The second-order valence-electron chi connectivity index (χ2n) is 2.28. The number of halogens is 3. The van der Waals surface area contributed by atoms with Crippen LogP contribution in [0.2, 0.25) is 0 Å². The Morgan fingerprint density at radius 3 is 2.10 bits per heavy atom. The molecule has 0 nitrogen and oxygen atoms in total. The molecule has 0 aliphatic carbocycles. The molecule has 0 N–H and O–H groups in total. The van der Waals surface area contributed by atoms with Crippen molar-refractivity contribution in [2.75, 3.05) is 5.33 Å². The highest BCUT2D eigenvalue weighted by Crippen LogP contribution is 2.13. The zero-order valence-electron chi connectivity index (χ0n) is 5.95. The molecule has 62 valence electrons. The average Bonchev–Trinajstić information content (AvgIpc) is 1.87. The van der Waals surface area contributed by atoms with E-state index in [0.717, 1.165) is 18.2 Å². The molecule has 0 rings (SSSR count). The van der Waals surface area contributed by atoms with Crippen LogP contribution in [0.4, 0.5) is 0 Å². The first-order valence-electron chi connectivity index (χ1n) is 3.61. The molecule has 0 spiro atoms. The van der Waals surface area contributed by atoms with E-state index in [-0.39, 0.29) is 4.84 Å². The van der Waals surface area contributed by atoms with Gasteiger partial charge in [0.2, 0.25) is 0 Å². The van der Waals surface area contributed by atoms with Gasteiger partial charge in [-0.15, -0.1) is 23.2 Å². The molecular weight excluding hydrogens is 235 g/mol. The summed E-state index contributed by atoms with van der Waals surface area (Å²) in [4.78, 5) is -0.163. The van der Waals surface area contributed by atoms with Gasteiger partial charge in [0.1, 0.15) is 4.84 Å². The molecule has 0 aromatic heterocycles. The largest absolute Gasteiger partial charge is 0.107 e. The van der Waals surface area contributed by atoms with Gasteiger partial charge in [-0.1, -0.05) is 35.2 Å². The molecule has 0 radical (unpaired) electrons. The summed E-state index contributed by atoms with van der Waals surface area (Å²) in [6.45, 7) is 0. The van der Waals surface area contributed by atoms with Crippen LogP contribution in [0.3, 0.4) is 0 Å². The van der Waals surface area contributed by atoms with Crippen molar-refractivity contribution in [3.8, 4) is 0 Å². The Hall–Kier alpha value is 1.06. The summed E-state index contributed by atoms with van der Waals surface area (Å²) in [6.07, 6.45) is 5.89. The summed E-state index contributed by atoms with van der Waals surface area (Å²) >= 11 is 14.5. The van der Waals surface area contributed by atoms with Gasteiger partial charge in [0.25, 0.3) is 0 Å². The molecule has 0 bridgehead atoms.